The Morgan fingerprint density at radius 3 is 2.58 bits per heavy atom. The molecule has 0 saturated carbocycles. The van der Waals surface area contributed by atoms with E-state index in [0.717, 1.165) is 6.07 Å². The van der Waals surface area contributed by atoms with Crippen molar-refractivity contribution < 1.29 is 18.0 Å². The highest BCUT2D eigenvalue weighted by atomic mass is 19.4. The molecule has 4 rings (SSSR count). The summed E-state index contributed by atoms with van der Waals surface area (Å²) in [6.07, 6.45) is 1.36. The third kappa shape index (κ3) is 2.93. The second-order valence-corrected chi connectivity index (χ2v) is 6.27. The monoisotopic (exact) mass is 363 g/mol. The van der Waals surface area contributed by atoms with Gasteiger partial charge >= 0.3 is 6.18 Å². The van der Waals surface area contributed by atoms with E-state index in [-0.39, 0.29) is 11.9 Å². The molecule has 3 aromatic heterocycles. The zero-order valence-corrected chi connectivity index (χ0v) is 13.7. The normalized spacial score (nSPS) is 16.3. The zero-order chi connectivity index (χ0) is 18.3. The maximum atomic E-state index is 12.7. The Morgan fingerprint density at radius 1 is 1.12 bits per heavy atom. The number of pyridine rings is 1. The highest BCUT2D eigenvalue weighted by Gasteiger charge is 2.34. The minimum atomic E-state index is -4.44. The number of amides is 1. The molecule has 9 heteroatoms. The number of likely N-dealkylation sites (tertiary alicyclic amines) is 1. The highest BCUT2D eigenvalue weighted by Crippen LogP contribution is 2.29. The number of piperidine rings is 1. The van der Waals surface area contributed by atoms with Gasteiger partial charge in [-0.1, -0.05) is 6.07 Å². The van der Waals surface area contributed by atoms with Crippen molar-refractivity contribution in [2.75, 3.05) is 13.1 Å². The topological polar surface area (TPSA) is 55.4 Å². The summed E-state index contributed by atoms with van der Waals surface area (Å²) >= 11 is 0. The van der Waals surface area contributed by atoms with Crippen LogP contribution in [0, 0.1) is 0 Å². The smallest absolute Gasteiger partial charge is 0.337 e. The van der Waals surface area contributed by atoms with Crippen LogP contribution in [-0.4, -0.2) is 43.1 Å². The Bertz CT molecular complexity index is 937. The zero-order valence-electron chi connectivity index (χ0n) is 13.7. The molecule has 1 amide bonds. The van der Waals surface area contributed by atoms with E-state index in [1.54, 1.807) is 21.7 Å². The number of carbonyl (C=O) groups excluding carboxylic acids is 1. The molecule has 4 heterocycles. The molecule has 0 atom stereocenters. The second-order valence-electron chi connectivity index (χ2n) is 6.27. The molecule has 1 fully saturated rings. The summed E-state index contributed by atoms with van der Waals surface area (Å²) < 4.78 is 41.1. The number of alkyl halides is 3. The van der Waals surface area contributed by atoms with Crippen molar-refractivity contribution in [3.05, 3.63) is 54.2 Å². The van der Waals surface area contributed by atoms with Crippen LogP contribution in [0.25, 0.3) is 5.65 Å². The summed E-state index contributed by atoms with van der Waals surface area (Å²) in [4.78, 5) is 18.7. The molecule has 0 aromatic carbocycles. The number of fused-ring (bicyclic) bond motifs is 1. The van der Waals surface area contributed by atoms with Crippen LogP contribution in [0.1, 0.15) is 35.1 Å². The molecule has 0 bridgehead atoms. The van der Waals surface area contributed by atoms with E-state index in [1.165, 1.54) is 10.9 Å². The van der Waals surface area contributed by atoms with Crippen LogP contribution in [0.3, 0.4) is 0 Å². The maximum absolute atomic E-state index is 12.7. The lowest BCUT2D eigenvalue weighted by molar-refractivity contribution is -0.141. The van der Waals surface area contributed by atoms with Gasteiger partial charge in [0.1, 0.15) is 11.3 Å². The number of aromatic nitrogens is 4. The molecule has 26 heavy (non-hydrogen) atoms. The first kappa shape index (κ1) is 16.6. The molecule has 0 spiro atoms. The Hall–Kier alpha value is -2.84. The van der Waals surface area contributed by atoms with Gasteiger partial charge in [0, 0.05) is 25.5 Å². The van der Waals surface area contributed by atoms with Crippen LogP contribution in [0.5, 0.6) is 0 Å². The standard InChI is InChI=1S/C17H16F3N5O/c18-17(19,20)14-6-10-25(22-14)12-4-8-23(9-5-12)16(26)13-11-21-15-3-1-2-7-24(13)15/h1-3,6-7,10-12H,4-5,8-9H2. The van der Waals surface area contributed by atoms with Gasteiger partial charge in [-0.05, 0) is 31.0 Å². The van der Waals surface area contributed by atoms with Gasteiger partial charge in [-0.25, -0.2) is 4.98 Å². The third-order valence-electron chi connectivity index (χ3n) is 4.66. The van der Waals surface area contributed by atoms with Gasteiger partial charge in [0.25, 0.3) is 5.91 Å². The van der Waals surface area contributed by atoms with Gasteiger partial charge in [0.2, 0.25) is 0 Å². The highest BCUT2D eigenvalue weighted by molar-refractivity contribution is 5.93. The molecule has 1 aliphatic heterocycles. The Balaban J connectivity index is 1.45. The van der Waals surface area contributed by atoms with Gasteiger partial charge in [0.15, 0.2) is 5.69 Å². The summed E-state index contributed by atoms with van der Waals surface area (Å²) in [5.74, 6) is -0.126. The molecule has 1 saturated heterocycles. The van der Waals surface area contributed by atoms with E-state index in [2.05, 4.69) is 10.1 Å². The Morgan fingerprint density at radius 2 is 1.88 bits per heavy atom. The minimum absolute atomic E-state index is 0.126. The van der Waals surface area contributed by atoms with Crippen molar-refractivity contribution in [1.29, 1.82) is 0 Å². The van der Waals surface area contributed by atoms with Gasteiger partial charge in [0.05, 0.1) is 12.2 Å². The van der Waals surface area contributed by atoms with E-state index in [9.17, 15) is 18.0 Å². The number of hydrogen-bond acceptors (Lipinski definition) is 3. The molecular weight excluding hydrogens is 347 g/mol. The molecule has 0 unspecified atom stereocenters. The average molecular weight is 363 g/mol. The fraction of sp³-hybridized carbons (Fsp3) is 0.353. The van der Waals surface area contributed by atoms with E-state index < -0.39 is 11.9 Å². The quantitative estimate of drug-likeness (QED) is 0.703. The average Bonchev–Trinajstić information content (AvgIpc) is 3.28. The van der Waals surface area contributed by atoms with Crippen molar-refractivity contribution in [3.63, 3.8) is 0 Å². The predicted molar refractivity (Wildman–Crippen MR) is 86.6 cm³/mol. The molecule has 1 aliphatic rings. The number of hydrogen-bond donors (Lipinski definition) is 0. The molecule has 0 radical (unpaired) electrons. The lowest BCUT2D eigenvalue weighted by Crippen LogP contribution is -2.39. The molecule has 3 aromatic rings. The van der Waals surface area contributed by atoms with Crippen molar-refractivity contribution in [2.24, 2.45) is 0 Å². The first-order chi connectivity index (χ1) is 12.4. The second kappa shape index (κ2) is 6.15. The fourth-order valence-electron chi connectivity index (χ4n) is 3.28. The summed E-state index contributed by atoms with van der Waals surface area (Å²) in [6.45, 7) is 0.926. The van der Waals surface area contributed by atoms with E-state index in [1.807, 2.05) is 18.2 Å². The fourth-order valence-corrected chi connectivity index (χ4v) is 3.28. The van der Waals surface area contributed by atoms with Crippen LogP contribution in [0.4, 0.5) is 13.2 Å². The van der Waals surface area contributed by atoms with Gasteiger partial charge in [-0.3, -0.25) is 13.9 Å². The van der Waals surface area contributed by atoms with Crippen LogP contribution in [0.2, 0.25) is 0 Å². The number of carbonyl (C=O) groups is 1. The molecule has 136 valence electrons. The Kier molecular flexibility index (Phi) is 3.93. The molecule has 6 nitrogen and oxygen atoms in total. The van der Waals surface area contributed by atoms with Crippen molar-refractivity contribution in [3.8, 4) is 0 Å². The summed E-state index contributed by atoms with van der Waals surface area (Å²) in [5, 5.41) is 3.64. The van der Waals surface area contributed by atoms with Crippen molar-refractivity contribution in [1.82, 2.24) is 24.1 Å². The van der Waals surface area contributed by atoms with Crippen molar-refractivity contribution >= 4 is 11.6 Å². The number of halogens is 3. The summed E-state index contributed by atoms with van der Waals surface area (Å²) in [7, 11) is 0. The first-order valence-electron chi connectivity index (χ1n) is 8.27. The lowest BCUT2D eigenvalue weighted by atomic mass is 10.1. The predicted octanol–water partition coefficient (Wildman–Crippen LogP) is 3.03. The van der Waals surface area contributed by atoms with E-state index in [0.29, 0.717) is 37.3 Å². The van der Waals surface area contributed by atoms with E-state index in [4.69, 9.17) is 0 Å². The van der Waals surface area contributed by atoms with Crippen LogP contribution in [-0.2, 0) is 6.18 Å². The molecule has 0 aliphatic carbocycles. The van der Waals surface area contributed by atoms with Gasteiger partial charge in [-0.15, -0.1) is 0 Å². The van der Waals surface area contributed by atoms with Crippen LogP contribution in [0.15, 0.2) is 42.9 Å². The number of nitrogens with zero attached hydrogens (tertiary/aromatic N) is 5. The maximum Gasteiger partial charge on any atom is 0.435 e. The Labute approximate surface area is 146 Å². The van der Waals surface area contributed by atoms with Crippen molar-refractivity contribution in [2.45, 2.75) is 25.1 Å². The van der Waals surface area contributed by atoms with Crippen LogP contribution >= 0.6 is 0 Å². The lowest BCUT2D eigenvalue weighted by Gasteiger charge is -2.32. The third-order valence-corrected chi connectivity index (χ3v) is 4.66. The molecule has 0 N–H and O–H groups in total. The summed E-state index contributed by atoms with van der Waals surface area (Å²) in [5.41, 5.74) is 0.293. The number of imidazole rings is 1. The molecular formula is C17H16F3N5O. The SMILES string of the molecule is O=C(c1cnc2ccccn12)N1CCC(n2ccc(C(F)(F)F)n2)CC1. The van der Waals surface area contributed by atoms with Gasteiger partial charge < -0.3 is 4.90 Å². The summed E-state index contributed by atoms with van der Waals surface area (Å²) in [6, 6.07) is 6.33. The number of rotatable bonds is 2. The largest absolute Gasteiger partial charge is 0.435 e. The first-order valence-corrected chi connectivity index (χ1v) is 8.27. The van der Waals surface area contributed by atoms with E-state index >= 15 is 0 Å². The minimum Gasteiger partial charge on any atom is -0.337 e. The van der Waals surface area contributed by atoms with Crippen LogP contribution < -0.4 is 0 Å². The van der Waals surface area contributed by atoms with Gasteiger partial charge in [-0.2, -0.15) is 18.3 Å².